The highest BCUT2D eigenvalue weighted by atomic mass is 16.7. The second kappa shape index (κ2) is 28.0. The Balaban J connectivity index is 1.78. The predicted molar refractivity (Wildman–Crippen MR) is 219 cm³/mol. The van der Waals surface area contributed by atoms with Crippen LogP contribution in [-0.2, 0) is 68.7 Å². The quantitative estimate of drug-likeness (QED) is 0.0437. The number of imide groups is 1. The fraction of sp³-hybridized carbons (Fsp3) is 0.634. The van der Waals surface area contributed by atoms with Crippen LogP contribution in [0.2, 0.25) is 0 Å². The largest absolute Gasteiger partial charge is 0.463 e. The zero-order valence-electron chi connectivity index (χ0n) is 36.2. The number of hydrogen-bond acceptors (Lipinski definition) is 15. The molecule has 1 aromatic rings. The lowest BCUT2D eigenvalue weighted by Gasteiger charge is -2.24. The third-order valence-electron chi connectivity index (χ3n) is 8.85. The van der Waals surface area contributed by atoms with Gasteiger partial charge in [0.15, 0.2) is 5.78 Å². The van der Waals surface area contributed by atoms with E-state index in [9.17, 15) is 43.2 Å². The molecule has 6 N–H and O–H groups in total. The van der Waals surface area contributed by atoms with Crippen molar-refractivity contribution >= 4 is 59.2 Å². The molecular weight excluding hydrogens is 816 g/mol. The number of hydroxylamine groups is 2. The minimum atomic E-state index is -0.931. The number of anilines is 1. The lowest BCUT2D eigenvalue weighted by Crippen LogP contribution is -2.45. The molecule has 0 bridgehead atoms. The first kappa shape index (κ1) is 52.5. The summed E-state index contributed by atoms with van der Waals surface area (Å²) < 4.78 is 26.4. The first-order valence-electron chi connectivity index (χ1n) is 20.5. The number of nitrogens with zero attached hydrogens (tertiary/aromatic N) is 1. The van der Waals surface area contributed by atoms with Gasteiger partial charge >= 0.3 is 24.1 Å². The number of primary amides is 1. The Morgan fingerprint density at radius 3 is 2.02 bits per heavy atom. The first-order valence-corrected chi connectivity index (χ1v) is 20.5. The van der Waals surface area contributed by atoms with E-state index in [4.69, 9.17) is 34.3 Å². The molecule has 21 nitrogen and oxygen atoms in total. The average molecular weight is 879 g/mol. The lowest BCUT2D eigenvalue weighted by molar-refractivity contribution is -0.198. The molecule has 1 aromatic carbocycles. The predicted octanol–water partition coefficient (Wildman–Crippen LogP) is 2.04. The zero-order valence-corrected chi connectivity index (χ0v) is 36.2. The Morgan fingerprint density at radius 2 is 1.39 bits per heavy atom. The minimum Gasteiger partial charge on any atom is -0.463 e. The average Bonchev–Trinajstić information content (AvgIpc) is 3.52. The van der Waals surface area contributed by atoms with Crippen molar-refractivity contribution in [3.05, 3.63) is 29.8 Å². The Morgan fingerprint density at radius 1 is 0.774 bits per heavy atom. The number of ether oxygens (including phenoxy) is 5. The summed E-state index contributed by atoms with van der Waals surface area (Å²) in [5, 5.41) is 11.0. The summed E-state index contributed by atoms with van der Waals surface area (Å²) in [6, 6.07) is 4.89. The van der Waals surface area contributed by atoms with Crippen LogP contribution in [0.4, 0.5) is 15.3 Å². The molecule has 1 saturated heterocycles. The van der Waals surface area contributed by atoms with Gasteiger partial charge < -0.3 is 55.5 Å². The van der Waals surface area contributed by atoms with E-state index in [0.717, 1.165) is 0 Å². The summed E-state index contributed by atoms with van der Waals surface area (Å²) >= 11 is 0. The molecular formula is C41H62N6O15. The van der Waals surface area contributed by atoms with Crippen molar-refractivity contribution in [2.75, 3.05) is 64.7 Å². The zero-order chi connectivity index (χ0) is 46.1. The van der Waals surface area contributed by atoms with Gasteiger partial charge in [0.05, 0.1) is 57.5 Å². The van der Waals surface area contributed by atoms with E-state index in [0.29, 0.717) is 29.3 Å². The van der Waals surface area contributed by atoms with E-state index >= 15 is 0 Å². The van der Waals surface area contributed by atoms with Crippen molar-refractivity contribution in [2.45, 2.75) is 92.2 Å². The fourth-order valence-electron chi connectivity index (χ4n) is 5.43. The summed E-state index contributed by atoms with van der Waals surface area (Å²) in [6.45, 7) is 10.1. The Kier molecular flexibility index (Phi) is 23.7. The summed E-state index contributed by atoms with van der Waals surface area (Å²) in [7, 11) is 0. The van der Waals surface area contributed by atoms with E-state index in [2.05, 4.69) is 21.3 Å². The van der Waals surface area contributed by atoms with Gasteiger partial charge in [-0.15, -0.1) is 5.06 Å². The number of amides is 7. The molecule has 0 radical (unpaired) electrons. The fourth-order valence-corrected chi connectivity index (χ4v) is 5.43. The molecule has 0 aromatic heterocycles. The highest BCUT2D eigenvalue weighted by molar-refractivity contribution is 6.01. The van der Waals surface area contributed by atoms with Gasteiger partial charge in [-0.3, -0.25) is 28.8 Å². The van der Waals surface area contributed by atoms with Crippen LogP contribution in [0, 0.1) is 17.3 Å². The molecule has 21 heteroatoms. The maximum atomic E-state index is 13.5. The number of ketones is 1. The van der Waals surface area contributed by atoms with Gasteiger partial charge in [0.1, 0.15) is 13.2 Å². The van der Waals surface area contributed by atoms with E-state index in [1.165, 1.54) is 0 Å². The molecule has 1 fully saturated rings. The number of nitrogens with one attached hydrogen (secondary N) is 4. The summed E-state index contributed by atoms with van der Waals surface area (Å²) in [5.74, 6) is -4.86. The normalized spacial score (nSPS) is 13.5. The van der Waals surface area contributed by atoms with Crippen molar-refractivity contribution in [1.82, 2.24) is 21.0 Å². The van der Waals surface area contributed by atoms with Crippen molar-refractivity contribution < 1.29 is 71.7 Å². The molecule has 0 aliphatic carbocycles. The van der Waals surface area contributed by atoms with Crippen LogP contribution in [-0.4, -0.2) is 124 Å². The van der Waals surface area contributed by atoms with Crippen LogP contribution in [0.5, 0.6) is 0 Å². The molecule has 2 rings (SSSR count). The smallest absolute Gasteiger partial charge is 0.407 e. The molecule has 1 heterocycles. The maximum Gasteiger partial charge on any atom is 0.407 e. The standard InChI is InChI=1S/C41H62N6O15/c1-27(2)36(46-32(49)14-18-57-19-15-35(52)62-47-33(50)12-13-34(47)51)31(48)25-29(7-6-16-43-39(42)55)37(53)45-30-10-8-28(9-11-30)26-61-40(56)44-17-20-58-21-22-59-23-24-60-38(54)41(3,4)5/h8-11,27,29,36H,6-7,12-26H2,1-5H3,(H,44,56)(H,45,53)(H,46,49)(H3,42,43,55)/t29-,36+/m0/s1. The van der Waals surface area contributed by atoms with Crippen LogP contribution in [0.3, 0.4) is 0 Å². The molecule has 62 heavy (non-hydrogen) atoms. The van der Waals surface area contributed by atoms with Crippen LogP contribution in [0.1, 0.15) is 85.1 Å². The number of esters is 1. The Bertz CT molecular complexity index is 1650. The van der Waals surface area contributed by atoms with Gasteiger partial charge in [0, 0.05) is 50.4 Å². The molecule has 1 aliphatic rings. The van der Waals surface area contributed by atoms with Crippen LogP contribution >= 0.6 is 0 Å². The Hall–Kier alpha value is -5.67. The number of rotatable bonds is 29. The lowest BCUT2D eigenvalue weighted by atomic mass is 9.89. The number of benzene rings is 1. The number of carbonyl (C=O) groups is 9. The van der Waals surface area contributed by atoms with E-state index in [1.807, 2.05) is 0 Å². The first-order chi connectivity index (χ1) is 29.4. The second-order valence-corrected chi connectivity index (χ2v) is 15.5. The molecule has 0 unspecified atom stereocenters. The number of hydrogen-bond donors (Lipinski definition) is 5. The molecule has 0 spiro atoms. The summed E-state index contributed by atoms with van der Waals surface area (Å²) in [4.78, 5) is 115. The van der Waals surface area contributed by atoms with Crippen molar-refractivity contribution in [3.8, 4) is 0 Å². The van der Waals surface area contributed by atoms with Crippen molar-refractivity contribution in [3.63, 3.8) is 0 Å². The summed E-state index contributed by atoms with van der Waals surface area (Å²) in [6.07, 6.45) is -0.796. The highest BCUT2D eigenvalue weighted by Crippen LogP contribution is 2.20. The number of nitrogens with two attached hydrogens (primary N) is 1. The molecule has 7 amide bonds. The number of carbonyl (C=O) groups excluding carboxylic acids is 9. The number of Topliss-reactive ketones (excluding diaryl/α,β-unsaturated/α-hetero) is 1. The van der Waals surface area contributed by atoms with Crippen molar-refractivity contribution in [2.24, 2.45) is 23.0 Å². The summed E-state index contributed by atoms with van der Waals surface area (Å²) in [5.41, 5.74) is 5.65. The van der Waals surface area contributed by atoms with Crippen LogP contribution in [0.15, 0.2) is 24.3 Å². The van der Waals surface area contributed by atoms with Gasteiger partial charge in [-0.25, -0.2) is 14.4 Å². The molecule has 2 atom stereocenters. The molecule has 1 aliphatic heterocycles. The van der Waals surface area contributed by atoms with E-state index in [1.54, 1.807) is 58.9 Å². The maximum absolute atomic E-state index is 13.5. The minimum absolute atomic E-state index is 0.0300. The topological polar surface area (TPSA) is 286 Å². The number of urea groups is 1. The third-order valence-corrected chi connectivity index (χ3v) is 8.85. The van der Waals surface area contributed by atoms with Crippen LogP contribution in [0.25, 0.3) is 0 Å². The monoisotopic (exact) mass is 878 g/mol. The van der Waals surface area contributed by atoms with Gasteiger partial charge in [-0.2, -0.15) is 0 Å². The van der Waals surface area contributed by atoms with E-state index in [-0.39, 0.29) is 116 Å². The Labute approximate surface area is 361 Å². The highest BCUT2D eigenvalue weighted by Gasteiger charge is 2.33. The molecule has 346 valence electrons. The van der Waals surface area contributed by atoms with Gasteiger partial charge in [0.2, 0.25) is 11.8 Å². The van der Waals surface area contributed by atoms with Crippen molar-refractivity contribution in [1.29, 1.82) is 0 Å². The third kappa shape index (κ3) is 21.7. The SMILES string of the molecule is CC(C)[C@@H](NC(=O)CCOCCC(=O)ON1C(=O)CCC1=O)C(=O)C[C@H](CCCNC(N)=O)C(=O)Nc1ccc(COC(=O)NCCOCCOCCOC(=O)C(C)(C)C)cc1. The number of alkyl carbamates (subject to hydrolysis) is 1. The van der Waals surface area contributed by atoms with Crippen LogP contribution < -0.4 is 27.0 Å². The molecule has 0 saturated carbocycles. The van der Waals surface area contributed by atoms with Gasteiger partial charge in [-0.05, 0) is 57.2 Å². The van der Waals surface area contributed by atoms with Gasteiger partial charge in [-0.1, -0.05) is 26.0 Å². The van der Waals surface area contributed by atoms with E-state index < -0.39 is 59.1 Å². The second-order valence-electron chi connectivity index (χ2n) is 15.5. The van der Waals surface area contributed by atoms with Gasteiger partial charge in [0.25, 0.3) is 11.8 Å².